The van der Waals surface area contributed by atoms with E-state index in [4.69, 9.17) is 0 Å². The number of hydrazone groups is 1. The molecule has 3 aromatic rings. The first kappa shape index (κ1) is 20.9. The number of aromatic nitrogens is 1. The summed E-state index contributed by atoms with van der Waals surface area (Å²) >= 11 is 3.31. The van der Waals surface area contributed by atoms with Gasteiger partial charge in [-0.25, -0.2) is 5.43 Å². The molecule has 0 saturated heterocycles. The van der Waals surface area contributed by atoms with Crippen LogP contribution >= 0.6 is 15.9 Å². The second kappa shape index (κ2) is 8.24. The first-order chi connectivity index (χ1) is 13.7. The molecule has 8 heteroatoms. The topological polar surface area (TPSA) is 46.4 Å². The van der Waals surface area contributed by atoms with Crippen molar-refractivity contribution in [3.63, 3.8) is 0 Å². The van der Waals surface area contributed by atoms with E-state index in [1.165, 1.54) is 12.3 Å². The van der Waals surface area contributed by atoms with E-state index in [9.17, 15) is 18.0 Å². The predicted molar refractivity (Wildman–Crippen MR) is 109 cm³/mol. The second-order valence-corrected chi connectivity index (χ2v) is 7.24. The molecule has 4 nitrogen and oxygen atoms in total. The molecule has 150 valence electrons. The summed E-state index contributed by atoms with van der Waals surface area (Å²) in [4.78, 5) is 12.2. The van der Waals surface area contributed by atoms with E-state index >= 15 is 0 Å². The van der Waals surface area contributed by atoms with Gasteiger partial charge in [0.15, 0.2) is 0 Å². The van der Waals surface area contributed by atoms with Gasteiger partial charge < -0.3 is 4.57 Å². The summed E-state index contributed by atoms with van der Waals surface area (Å²) in [5.74, 6) is -0.375. The van der Waals surface area contributed by atoms with Crippen LogP contribution in [-0.2, 0) is 6.18 Å². The van der Waals surface area contributed by atoms with Gasteiger partial charge >= 0.3 is 6.18 Å². The molecule has 2 aromatic carbocycles. The summed E-state index contributed by atoms with van der Waals surface area (Å²) in [5.41, 5.74) is 4.75. The third kappa shape index (κ3) is 4.59. The van der Waals surface area contributed by atoms with Gasteiger partial charge in [0.25, 0.3) is 5.91 Å². The molecule has 0 unspecified atom stereocenters. The summed E-state index contributed by atoms with van der Waals surface area (Å²) in [7, 11) is 0. The zero-order valence-corrected chi connectivity index (χ0v) is 17.2. The Balaban J connectivity index is 1.84. The van der Waals surface area contributed by atoms with Crippen molar-refractivity contribution >= 4 is 28.1 Å². The van der Waals surface area contributed by atoms with Crippen molar-refractivity contribution in [1.82, 2.24) is 9.99 Å². The molecular formula is C21H17BrF3N3O. The van der Waals surface area contributed by atoms with E-state index in [1.807, 2.05) is 0 Å². The number of carbonyl (C=O) groups is 1. The minimum atomic E-state index is -4.41. The third-order valence-electron chi connectivity index (χ3n) is 4.39. The van der Waals surface area contributed by atoms with E-state index in [0.29, 0.717) is 27.0 Å². The highest BCUT2D eigenvalue weighted by atomic mass is 79.9. The maximum absolute atomic E-state index is 13.0. The minimum Gasteiger partial charge on any atom is -0.318 e. The molecule has 0 aliphatic heterocycles. The van der Waals surface area contributed by atoms with Crippen LogP contribution in [0.25, 0.3) is 5.69 Å². The fourth-order valence-corrected chi connectivity index (χ4v) is 3.47. The lowest BCUT2D eigenvalue weighted by molar-refractivity contribution is -0.137. The number of rotatable bonds is 4. The number of hydrogen-bond donors (Lipinski definition) is 1. The van der Waals surface area contributed by atoms with Gasteiger partial charge in [-0.3, -0.25) is 4.79 Å². The zero-order chi connectivity index (χ0) is 21.2. The normalized spacial score (nSPS) is 11.8. The van der Waals surface area contributed by atoms with Gasteiger partial charge in [-0.1, -0.05) is 18.2 Å². The molecule has 0 aliphatic rings. The van der Waals surface area contributed by atoms with Gasteiger partial charge in [0, 0.05) is 27.1 Å². The van der Waals surface area contributed by atoms with Crippen molar-refractivity contribution in [3.8, 4) is 5.69 Å². The Kier molecular flexibility index (Phi) is 5.93. The average molecular weight is 464 g/mol. The fourth-order valence-electron chi connectivity index (χ4n) is 3.00. The van der Waals surface area contributed by atoms with Crippen molar-refractivity contribution in [1.29, 1.82) is 0 Å². The Labute approximate surface area is 174 Å². The standard InChI is InChI=1S/C21H17BrF3N3O/c1-13-10-15(12-26-27-20(29)18-8-3-4-9-19(18)22)14(2)28(13)17-7-5-6-16(11-17)21(23,24)25/h3-12H,1-2H3,(H,27,29)/b26-12+. The van der Waals surface area contributed by atoms with E-state index in [0.717, 1.165) is 17.8 Å². The Bertz CT molecular complexity index is 1090. The summed E-state index contributed by atoms with van der Waals surface area (Å²) in [6.07, 6.45) is -2.94. The molecule has 1 N–H and O–H groups in total. The number of amides is 1. The van der Waals surface area contributed by atoms with Crippen LogP contribution in [0, 0.1) is 13.8 Å². The van der Waals surface area contributed by atoms with E-state index in [1.54, 1.807) is 54.8 Å². The maximum atomic E-state index is 13.0. The Morgan fingerprint density at radius 3 is 2.52 bits per heavy atom. The van der Waals surface area contributed by atoms with Crippen molar-refractivity contribution in [2.24, 2.45) is 5.10 Å². The molecule has 0 atom stereocenters. The highest BCUT2D eigenvalue weighted by Gasteiger charge is 2.30. The van der Waals surface area contributed by atoms with Crippen LogP contribution < -0.4 is 5.43 Å². The Hall–Kier alpha value is -2.87. The van der Waals surface area contributed by atoms with Gasteiger partial charge in [-0.2, -0.15) is 18.3 Å². The molecule has 3 rings (SSSR count). The van der Waals surface area contributed by atoms with Crippen molar-refractivity contribution in [2.75, 3.05) is 0 Å². The van der Waals surface area contributed by atoms with Crippen LogP contribution in [0.2, 0.25) is 0 Å². The Morgan fingerprint density at radius 2 is 1.83 bits per heavy atom. The molecule has 0 saturated carbocycles. The first-order valence-electron chi connectivity index (χ1n) is 8.63. The SMILES string of the molecule is Cc1cc(/C=N/NC(=O)c2ccccc2Br)c(C)n1-c1cccc(C(F)(F)F)c1. The quantitative estimate of drug-likeness (QED) is 0.394. The molecule has 0 radical (unpaired) electrons. The molecule has 1 heterocycles. The van der Waals surface area contributed by atoms with Crippen LogP contribution in [0.1, 0.15) is 32.9 Å². The van der Waals surface area contributed by atoms with Crippen molar-refractivity contribution in [3.05, 3.63) is 87.1 Å². The Morgan fingerprint density at radius 1 is 1.10 bits per heavy atom. The van der Waals surface area contributed by atoms with Gasteiger partial charge in [-0.15, -0.1) is 0 Å². The summed E-state index contributed by atoms with van der Waals surface area (Å²) in [6, 6.07) is 13.9. The van der Waals surface area contributed by atoms with Gasteiger partial charge in [-0.05, 0) is 66.2 Å². The summed E-state index contributed by atoms with van der Waals surface area (Å²) < 4.78 is 41.4. The van der Waals surface area contributed by atoms with E-state index in [-0.39, 0.29) is 5.91 Å². The van der Waals surface area contributed by atoms with Gasteiger partial charge in [0.05, 0.1) is 17.3 Å². The van der Waals surface area contributed by atoms with E-state index < -0.39 is 11.7 Å². The molecular weight excluding hydrogens is 447 g/mol. The van der Waals surface area contributed by atoms with Crippen molar-refractivity contribution in [2.45, 2.75) is 20.0 Å². The number of hydrogen-bond acceptors (Lipinski definition) is 2. The number of aryl methyl sites for hydroxylation is 1. The molecule has 1 amide bonds. The largest absolute Gasteiger partial charge is 0.416 e. The average Bonchev–Trinajstić information content (AvgIpc) is 2.95. The van der Waals surface area contributed by atoms with Gasteiger partial charge in [0.1, 0.15) is 0 Å². The summed E-state index contributed by atoms with van der Waals surface area (Å²) in [6.45, 7) is 3.58. The number of nitrogens with zero attached hydrogens (tertiary/aromatic N) is 2. The molecule has 0 spiro atoms. The smallest absolute Gasteiger partial charge is 0.318 e. The number of halogens is 4. The number of benzene rings is 2. The van der Waals surface area contributed by atoms with E-state index in [2.05, 4.69) is 26.5 Å². The number of carbonyl (C=O) groups excluding carboxylic acids is 1. The molecule has 0 fully saturated rings. The van der Waals surface area contributed by atoms with Crippen LogP contribution in [-0.4, -0.2) is 16.7 Å². The highest BCUT2D eigenvalue weighted by Crippen LogP contribution is 2.31. The zero-order valence-electron chi connectivity index (χ0n) is 15.6. The van der Waals surface area contributed by atoms with Crippen LogP contribution in [0.15, 0.2) is 64.2 Å². The van der Waals surface area contributed by atoms with Crippen molar-refractivity contribution < 1.29 is 18.0 Å². The van der Waals surface area contributed by atoms with Gasteiger partial charge in [0.2, 0.25) is 0 Å². The predicted octanol–water partition coefficient (Wildman–Crippen LogP) is 5.64. The minimum absolute atomic E-state index is 0.375. The van der Waals surface area contributed by atoms with Crippen LogP contribution in [0.4, 0.5) is 13.2 Å². The maximum Gasteiger partial charge on any atom is 0.416 e. The first-order valence-corrected chi connectivity index (χ1v) is 9.42. The number of alkyl halides is 3. The molecule has 1 aromatic heterocycles. The highest BCUT2D eigenvalue weighted by molar-refractivity contribution is 9.10. The second-order valence-electron chi connectivity index (χ2n) is 6.39. The monoisotopic (exact) mass is 463 g/mol. The third-order valence-corrected chi connectivity index (χ3v) is 5.08. The molecule has 0 aliphatic carbocycles. The summed E-state index contributed by atoms with van der Waals surface area (Å²) in [5, 5.41) is 3.99. The lowest BCUT2D eigenvalue weighted by atomic mass is 10.2. The lowest BCUT2D eigenvalue weighted by Gasteiger charge is -2.13. The van der Waals surface area contributed by atoms with Crippen LogP contribution in [0.5, 0.6) is 0 Å². The fraction of sp³-hybridized carbons (Fsp3) is 0.143. The number of nitrogens with one attached hydrogen (secondary N) is 1. The van der Waals surface area contributed by atoms with Crippen LogP contribution in [0.3, 0.4) is 0 Å². The molecule has 0 bridgehead atoms. The molecule has 29 heavy (non-hydrogen) atoms. The lowest BCUT2D eigenvalue weighted by Crippen LogP contribution is -2.18.